The van der Waals surface area contributed by atoms with Gasteiger partial charge in [-0.3, -0.25) is 4.79 Å². The van der Waals surface area contributed by atoms with Crippen molar-refractivity contribution in [1.82, 2.24) is 15.2 Å². The Kier molecular flexibility index (Phi) is 5.70. The quantitative estimate of drug-likeness (QED) is 0.613. The first-order valence-corrected chi connectivity index (χ1v) is 10.5. The number of benzene rings is 2. The van der Waals surface area contributed by atoms with Crippen molar-refractivity contribution in [2.24, 2.45) is 0 Å². The number of aromatic nitrogens is 1. The lowest BCUT2D eigenvalue weighted by molar-refractivity contribution is 0.0706. The van der Waals surface area contributed by atoms with Crippen molar-refractivity contribution in [3.63, 3.8) is 0 Å². The molecule has 2 aromatic carbocycles. The molecule has 1 aliphatic rings. The number of aromatic amines is 1. The fraction of sp³-hybridized carbons (Fsp3) is 0.320. The second-order valence-corrected chi connectivity index (χ2v) is 7.86. The van der Waals surface area contributed by atoms with Gasteiger partial charge >= 0.3 is 0 Å². The maximum Gasteiger partial charge on any atom is 0.270 e. The lowest BCUT2D eigenvalue weighted by atomic mass is 9.98. The van der Waals surface area contributed by atoms with Crippen LogP contribution in [0.4, 0.5) is 0 Å². The molecule has 0 saturated carbocycles. The zero-order valence-electron chi connectivity index (χ0n) is 17.2. The van der Waals surface area contributed by atoms with Crippen molar-refractivity contribution in [2.45, 2.75) is 45.7 Å². The molecule has 4 heteroatoms. The van der Waals surface area contributed by atoms with E-state index in [2.05, 4.69) is 54.5 Å². The van der Waals surface area contributed by atoms with Crippen molar-refractivity contribution in [3.8, 4) is 0 Å². The molecule has 0 spiro atoms. The Morgan fingerprint density at radius 1 is 1.17 bits per heavy atom. The van der Waals surface area contributed by atoms with Crippen molar-refractivity contribution in [1.29, 1.82) is 0 Å². The van der Waals surface area contributed by atoms with Gasteiger partial charge in [-0.15, -0.1) is 0 Å². The molecule has 0 bridgehead atoms. The minimum Gasteiger partial charge on any atom is -0.384 e. The number of allylic oxidation sites excluding steroid dienone is 1. The van der Waals surface area contributed by atoms with Gasteiger partial charge in [0.25, 0.3) is 5.91 Å². The van der Waals surface area contributed by atoms with E-state index in [-0.39, 0.29) is 11.9 Å². The van der Waals surface area contributed by atoms with Crippen LogP contribution in [0, 0.1) is 6.92 Å². The molecule has 0 fully saturated rings. The van der Waals surface area contributed by atoms with E-state index < -0.39 is 0 Å². The molecule has 0 aliphatic heterocycles. The first-order chi connectivity index (χ1) is 14.1. The molecular weight excluding hydrogens is 358 g/mol. The molecule has 4 rings (SSSR count). The number of hydrogen-bond acceptors (Lipinski definition) is 2. The van der Waals surface area contributed by atoms with Crippen LogP contribution in [0.25, 0.3) is 10.9 Å². The Hall–Kier alpha value is -3.01. The standard InChI is InChI=1S/C25H29N3O/c1-3-28(25(29)24-15-20-10-4-5-13-23(20)27-24)22-12-7-11-21(16-22)26-17-19-9-6-8-18(2)14-19/h4-6,8-10,13-16,22,26-27H,3,7,11-12,17H2,1-2H3/t22-/m0/s1. The van der Waals surface area contributed by atoms with Gasteiger partial charge in [0.1, 0.15) is 5.69 Å². The Labute approximate surface area is 172 Å². The van der Waals surface area contributed by atoms with Gasteiger partial charge in [0.15, 0.2) is 0 Å². The van der Waals surface area contributed by atoms with Gasteiger partial charge < -0.3 is 15.2 Å². The van der Waals surface area contributed by atoms with Crippen molar-refractivity contribution in [2.75, 3.05) is 6.54 Å². The molecule has 2 N–H and O–H groups in total. The lowest BCUT2D eigenvalue weighted by Crippen LogP contribution is -2.41. The van der Waals surface area contributed by atoms with Crippen LogP contribution in [0.15, 0.2) is 66.4 Å². The summed E-state index contributed by atoms with van der Waals surface area (Å²) in [7, 11) is 0. The molecule has 1 aromatic heterocycles. The second kappa shape index (κ2) is 8.56. The average Bonchev–Trinajstić information content (AvgIpc) is 3.17. The normalized spacial score (nSPS) is 16.5. The first-order valence-electron chi connectivity index (χ1n) is 10.5. The van der Waals surface area contributed by atoms with Gasteiger partial charge in [-0.1, -0.05) is 48.0 Å². The highest BCUT2D eigenvalue weighted by Crippen LogP contribution is 2.24. The summed E-state index contributed by atoms with van der Waals surface area (Å²) >= 11 is 0. The molecule has 1 aliphatic carbocycles. The summed E-state index contributed by atoms with van der Waals surface area (Å²) in [5.74, 6) is 0.0740. The van der Waals surface area contributed by atoms with E-state index in [0.717, 1.165) is 36.7 Å². The highest BCUT2D eigenvalue weighted by molar-refractivity contribution is 5.98. The van der Waals surface area contributed by atoms with Crippen molar-refractivity contribution >= 4 is 16.8 Å². The van der Waals surface area contributed by atoms with Crippen LogP contribution in [0.3, 0.4) is 0 Å². The third-order valence-corrected chi connectivity index (χ3v) is 5.70. The minimum atomic E-state index is 0.0740. The summed E-state index contributed by atoms with van der Waals surface area (Å²) < 4.78 is 0. The summed E-state index contributed by atoms with van der Waals surface area (Å²) in [5.41, 5.74) is 5.48. The number of para-hydroxylation sites is 1. The summed E-state index contributed by atoms with van der Waals surface area (Å²) in [5, 5.41) is 4.67. The number of nitrogens with zero attached hydrogens (tertiary/aromatic N) is 1. The minimum absolute atomic E-state index is 0.0740. The van der Waals surface area contributed by atoms with Crippen LogP contribution in [0.1, 0.15) is 47.8 Å². The molecule has 29 heavy (non-hydrogen) atoms. The number of amides is 1. The average molecular weight is 388 g/mol. The smallest absolute Gasteiger partial charge is 0.270 e. The molecule has 0 radical (unpaired) electrons. The predicted octanol–water partition coefficient (Wildman–Crippen LogP) is 5.16. The van der Waals surface area contributed by atoms with Gasteiger partial charge in [0.05, 0.1) is 6.04 Å². The zero-order valence-corrected chi connectivity index (χ0v) is 17.2. The van der Waals surface area contributed by atoms with Gasteiger partial charge in [0.2, 0.25) is 0 Å². The van der Waals surface area contributed by atoms with Gasteiger partial charge in [-0.05, 0) is 56.9 Å². The molecule has 1 amide bonds. The van der Waals surface area contributed by atoms with Crippen LogP contribution in [0.2, 0.25) is 0 Å². The topological polar surface area (TPSA) is 48.1 Å². The number of carbonyl (C=O) groups is 1. The molecule has 0 unspecified atom stereocenters. The summed E-state index contributed by atoms with van der Waals surface area (Å²) in [4.78, 5) is 18.5. The highest BCUT2D eigenvalue weighted by atomic mass is 16.2. The third-order valence-electron chi connectivity index (χ3n) is 5.70. The number of nitrogens with one attached hydrogen (secondary N) is 2. The van der Waals surface area contributed by atoms with Crippen LogP contribution in [-0.4, -0.2) is 28.4 Å². The molecule has 1 atom stereocenters. The zero-order chi connectivity index (χ0) is 20.2. The summed E-state index contributed by atoms with van der Waals surface area (Å²) in [6.45, 7) is 5.69. The van der Waals surface area contributed by atoms with Gasteiger partial charge in [-0.25, -0.2) is 0 Å². The molecule has 3 aromatic rings. The maximum absolute atomic E-state index is 13.2. The van der Waals surface area contributed by atoms with E-state index in [1.807, 2.05) is 35.2 Å². The van der Waals surface area contributed by atoms with Crippen molar-refractivity contribution < 1.29 is 4.79 Å². The fourth-order valence-electron chi connectivity index (χ4n) is 4.20. The number of fused-ring (bicyclic) bond motifs is 1. The Morgan fingerprint density at radius 3 is 2.83 bits per heavy atom. The third kappa shape index (κ3) is 4.37. The Balaban J connectivity index is 1.48. The number of likely N-dealkylation sites (N-methyl/N-ethyl adjacent to an activating group) is 1. The Bertz CT molecular complexity index is 1000. The number of aryl methyl sites for hydroxylation is 1. The highest BCUT2D eigenvalue weighted by Gasteiger charge is 2.25. The van der Waals surface area contributed by atoms with Crippen LogP contribution in [0.5, 0.6) is 0 Å². The SMILES string of the molecule is CCN(C(=O)c1cc2ccccc2[nH]1)[C@@H]1C=C(NCc2cccc(C)c2)CCC1. The number of carbonyl (C=O) groups excluding carboxylic acids is 1. The number of H-pyrrole nitrogens is 1. The first kappa shape index (κ1) is 19.3. The van der Waals surface area contributed by atoms with E-state index in [0.29, 0.717) is 12.2 Å². The molecule has 1 heterocycles. The number of rotatable bonds is 6. The molecule has 4 nitrogen and oxygen atoms in total. The predicted molar refractivity (Wildman–Crippen MR) is 119 cm³/mol. The van der Waals surface area contributed by atoms with Gasteiger partial charge in [-0.2, -0.15) is 0 Å². The van der Waals surface area contributed by atoms with Gasteiger partial charge in [0, 0.05) is 29.7 Å². The van der Waals surface area contributed by atoms with E-state index in [9.17, 15) is 4.79 Å². The van der Waals surface area contributed by atoms with E-state index in [1.54, 1.807) is 0 Å². The van der Waals surface area contributed by atoms with Crippen LogP contribution in [-0.2, 0) is 6.54 Å². The number of hydrogen-bond donors (Lipinski definition) is 2. The summed E-state index contributed by atoms with van der Waals surface area (Å²) in [6, 6.07) is 18.7. The van der Waals surface area contributed by atoms with Crippen LogP contribution >= 0.6 is 0 Å². The maximum atomic E-state index is 13.2. The Morgan fingerprint density at radius 2 is 2.03 bits per heavy atom. The summed E-state index contributed by atoms with van der Waals surface area (Å²) in [6.07, 6.45) is 5.40. The second-order valence-electron chi connectivity index (χ2n) is 7.86. The molecule has 150 valence electrons. The van der Waals surface area contributed by atoms with Crippen molar-refractivity contribution in [3.05, 3.63) is 83.2 Å². The monoisotopic (exact) mass is 387 g/mol. The van der Waals surface area contributed by atoms with E-state index >= 15 is 0 Å². The van der Waals surface area contributed by atoms with Crippen LogP contribution < -0.4 is 5.32 Å². The fourth-order valence-corrected chi connectivity index (χ4v) is 4.20. The molecule has 0 saturated heterocycles. The largest absolute Gasteiger partial charge is 0.384 e. The van der Waals surface area contributed by atoms with E-state index in [1.165, 1.54) is 16.8 Å². The van der Waals surface area contributed by atoms with E-state index in [4.69, 9.17) is 0 Å². The lowest BCUT2D eigenvalue weighted by Gasteiger charge is -2.32. The molecular formula is C25H29N3O.